The molecular weight excluding hydrogens is 428 g/mol. The number of thiocarbonyl (C=S) groups is 1. The number of hydrazine groups is 1. The van der Waals surface area contributed by atoms with Gasteiger partial charge in [0.1, 0.15) is 0 Å². The molecule has 0 saturated carbocycles. The summed E-state index contributed by atoms with van der Waals surface area (Å²) in [5.74, 6) is -0.796. The van der Waals surface area contributed by atoms with Crippen molar-refractivity contribution in [3.05, 3.63) is 50.0 Å². The molecule has 3 rings (SSSR count). The highest BCUT2D eigenvalue weighted by molar-refractivity contribution is 8.26. The molecule has 1 aliphatic heterocycles. The van der Waals surface area contributed by atoms with Crippen LogP contribution in [0.2, 0.25) is 5.02 Å². The maximum atomic E-state index is 12.6. The molecule has 1 aliphatic rings. The molecule has 2 amide bonds. The van der Waals surface area contributed by atoms with E-state index in [1.165, 1.54) is 17.4 Å². The molecule has 27 heavy (non-hydrogen) atoms. The summed E-state index contributed by atoms with van der Waals surface area (Å²) in [4.78, 5) is 25.6. The Hall–Kier alpha value is -2.07. The number of halogens is 1. The van der Waals surface area contributed by atoms with Crippen LogP contribution in [0, 0.1) is 0 Å². The largest absolute Gasteiger partial charge is 0.503 e. The number of aromatic hydroxyl groups is 1. The summed E-state index contributed by atoms with van der Waals surface area (Å²) in [6, 6.07) is 6.48. The quantitative estimate of drug-likeness (QED) is 0.539. The van der Waals surface area contributed by atoms with E-state index in [4.69, 9.17) is 28.6 Å². The van der Waals surface area contributed by atoms with E-state index < -0.39 is 11.8 Å². The van der Waals surface area contributed by atoms with Crippen LogP contribution in [0.5, 0.6) is 11.5 Å². The van der Waals surface area contributed by atoms with E-state index >= 15 is 0 Å². The summed E-state index contributed by atoms with van der Waals surface area (Å²) in [7, 11) is 0. The van der Waals surface area contributed by atoms with Gasteiger partial charge in [-0.3, -0.25) is 15.0 Å². The summed E-state index contributed by atoms with van der Waals surface area (Å²) in [6.45, 7) is 2.13. The van der Waals surface area contributed by atoms with Crippen molar-refractivity contribution < 1.29 is 19.4 Å². The number of nitrogens with zero attached hydrogens (tertiary/aromatic N) is 1. The van der Waals surface area contributed by atoms with Crippen molar-refractivity contribution in [2.24, 2.45) is 0 Å². The fourth-order valence-electron chi connectivity index (χ4n) is 2.22. The van der Waals surface area contributed by atoms with Gasteiger partial charge in [-0.2, -0.15) is 5.01 Å². The van der Waals surface area contributed by atoms with E-state index in [1.807, 2.05) is 0 Å². The first-order valence-electron chi connectivity index (χ1n) is 7.68. The van der Waals surface area contributed by atoms with Crippen molar-refractivity contribution in [1.29, 1.82) is 0 Å². The lowest BCUT2D eigenvalue weighted by Gasteiger charge is -2.14. The van der Waals surface area contributed by atoms with Crippen LogP contribution in [0.4, 0.5) is 0 Å². The molecule has 1 aromatic carbocycles. The van der Waals surface area contributed by atoms with Crippen LogP contribution in [-0.2, 0) is 4.79 Å². The van der Waals surface area contributed by atoms with Gasteiger partial charge in [0.25, 0.3) is 11.8 Å². The van der Waals surface area contributed by atoms with Crippen molar-refractivity contribution in [1.82, 2.24) is 10.4 Å². The minimum absolute atomic E-state index is 0.105. The maximum absolute atomic E-state index is 12.6. The minimum atomic E-state index is -0.447. The van der Waals surface area contributed by atoms with Gasteiger partial charge < -0.3 is 9.84 Å². The zero-order chi connectivity index (χ0) is 19.6. The number of amides is 2. The topological polar surface area (TPSA) is 78.9 Å². The van der Waals surface area contributed by atoms with Gasteiger partial charge in [-0.1, -0.05) is 29.4 Å². The highest BCUT2D eigenvalue weighted by Crippen LogP contribution is 2.38. The third kappa shape index (κ3) is 4.27. The molecule has 2 heterocycles. The van der Waals surface area contributed by atoms with Gasteiger partial charge in [0.2, 0.25) is 0 Å². The lowest BCUT2D eigenvalue weighted by atomic mass is 10.2. The molecule has 140 valence electrons. The molecule has 10 heteroatoms. The number of hydrogen-bond donors (Lipinski definition) is 2. The summed E-state index contributed by atoms with van der Waals surface area (Å²) in [5, 5.41) is 12.8. The number of carbonyl (C=O) groups excluding carboxylic acids is 2. The minimum Gasteiger partial charge on any atom is -0.503 e. The predicted octanol–water partition coefficient (Wildman–Crippen LogP) is 4.05. The van der Waals surface area contributed by atoms with Gasteiger partial charge >= 0.3 is 0 Å². The van der Waals surface area contributed by atoms with Gasteiger partial charge in [0, 0.05) is 0 Å². The van der Waals surface area contributed by atoms with E-state index in [-0.39, 0.29) is 20.8 Å². The molecule has 0 unspecified atom stereocenters. The van der Waals surface area contributed by atoms with Crippen molar-refractivity contribution in [2.75, 3.05) is 6.61 Å². The first-order valence-corrected chi connectivity index (χ1v) is 10.2. The Bertz CT molecular complexity index is 944. The molecule has 0 spiro atoms. The van der Waals surface area contributed by atoms with Gasteiger partial charge in [-0.15, -0.1) is 11.3 Å². The number of rotatable bonds is 5. The third-order valence-electron chi connectivity index (χ3n) is 3.40. The van der Waals surface area contributed by atoms with Gasteiger partial charge in [0.15, 0.2) is 15.8 Å². The van der Waals surface area contributed by atoms with Crippen LogP contribution in [0.25, 0.3) is 6.08 Å². The fraction of sp³-hybridized carbons (Fsp3) is 0.118. The number of benzene rings is 1. The van der Waals surface area contributed by atoms with Crippen LogP contribution in [0.15, 0.2) is 34.6 Å². The molecule has 0 bridgehead atoms. The van der Waals surface area contributed by atoms with Crippen molar-refractivity contribution in [2.45, 2.75) is 6.92 Å². The Kier molecular flexibility index (Phi) is 6.05. The summed E-state index contributed by atoms with van der Waals surface area (Å²) < 4.78 is 5.55. The van der Waals surface area contributed by atoms with Gasteiger partial charge in [-0.25, -0.2) is 0 Å². The van der Waals surface area contributed by atoms with Crippen molar-refractivity contribution in [3.8, 4) is 11.5 Å². The standard InChI is InChI=1S/C17H13ClN2O4S3/c1-2-24-11-7-9(6-10(18)14(11)21)8-13-16(23)20(17(25)27-13)19-15(22)12-4-3-5-26-12/h3-8,21H,2H2,1H3,(H,19,22)/b13-8-. The Morgan fingerprint density at radius 1 is 1.48 bits per heavy atom. The second-order valence-electron chi connectivity index (χ2n) is 5.22. The fourth-order valence-corrected chi connectivity index (χ4v) is 4.23. The number of nitrogens with one attached hydrogen (secondary N) is 1. The molecule has 1 fully saturated rings. The number of ether oxygens (including phenoxy) is 1. The molecule has 2 aromatic rings. The number of thioether (sulfide) groups is 1. The number of hydrogen-bond acceptors (Lipinski definition) is 7. The Labute approximate surface area is 173 Å². The predicted molar refractivity (Wildman–Crippen MR) is 111 cm³/mol. The number of phenols is 1. The van der Waals surface area contributed by atoms with Crippen LogP contribution >= 0.6 is 46.9 Å². The van der Waals surface area contributed by atoms with E-state index in [0.717, 1.165) is 16.8 Å². The first-order chi connectivity index (χ1) is 12.9. The molecule has 0 aliphatic carbocycles. The van der Waals surface area contributed by atoms with Gasteiger partial charge in [0.05, 0.1) is 21.4 Å². The molecule has 6 nitrogen and oxygen atoms in total. The van der Waals surface area contributed by atoms with E-state index in [9.17, 15) is 14.7 Å². The highest BCUT2D eigenvalue weighted by atomic mass is 35.5. The summed E-state index contributed by atoms with van der Waals surface area (Å²) >= 11 is 13.5. The Morgan fingerprint density at radius 2 is 2.26 bits per heavy atom. The monoisotopic (exact) mass is 440 g/mol. The van der Waals surface area contributed by atoms with Crippen LogP contribution in [-0.4, -0.2) is 32.9 Å². The van der Waals surface area contributed by atoms with E-state index in [2.05, 4.69) is 5.43 Å². The highest BCUT2D eigenvalue weighted by Gasteiger charge is 2.34. The van der Waals surface area contributed by atoms with E-state index in [1.54, 1.807) is 36.6 Å². The van der Waals surface area contributed by atoms with Crippen LogP contribution < -0.4 is 10.2 Å². The number of phenolic OH excluding ortho intramolecular Hbond substituents is 1. The second kappa shape index (κ2) is 8.30. The molecule has 1 saturated heterocycles. The SMILES string of the molecule is CCOc1cc(/C=C2\SC(=S)N(NC(=O)c3cccs3)C2=O)cc(Cl)c1O. The zero-order valence-electron chi connectivity index (χ0n) is 13.9. The average Bonchev–Trinajstić information content (AvgIpc) is 3.24. The van der Waals surface area contributed by atoms with Crippen LogP contribution in [0.1, 0.15) is 22.2 Å². The Morgan fingerprint density at radius 3 is 2.93 bits per heavy atom. The number of carbonyl (C=O) groups is 2. The Balaban J connectivity index is 1.83. The summed E-state index contributed by atoms with van der Waals surface area (Å²) in [5.41, 5.74) is 3.07. The average molecular weight is 441 g/mol. The number of thiophene rings is 1. The third-order valence-corrected chi connectivity index (χ3v) is 5.86. The maximum Gasteiger partial charge on any atom is 0.285 e. The smallest absolute Gasteiger partial charge is 0.285 e. The molecular formula is C17H13ClN2O4S3. The van der Waals surface area contributed by atoms with Gasteiger partial charge in [-0.05, 0) is 54.4 Å². The normalized spacial score (nSPS) is 15.5. The molecule has 0 radical (unpaired) electrons. The lowest BCUT2D eigenvalue weighted by Crippen LogP contribution is -2.44. The second-order valence-corrected chi connectivity index (χ2v) is 8.25. The zero-order valence-corrected chi connectivity index (χ0v) is 17.1. The summed E-state index contributed by atoms with van der Waals surface area (Å²) in [6.07, 6.45) is 1.57. The van der Waals surface area contributed by atoms with Crippen molar-refractivity contribution >= 4 is 69.1 Å². The van der Waals surface area contributed by atoms with Crippen molar-refractivity contribution in [3.63, 3.8) is 0 Å². The van der Waals surface area contributed by atoms with Crippen LogP contribution in [0.3, 0.4) is 0 Å². The first kappa shape index (κ1) is 19.7. The lowest BCUT2D eigenvalue weighted by molar-refractivity contribution is -0.123. The molecule has 1 aromatic heterocycles. The van der Waals surface area contributed by atoms with E-state index in [0.29, 0.717) is 22.0 Å². The molecule has 2 N–H and O–H groups in total. The molecule has 0 atom stereocenters.